The molecule has 1 atom stereocenters. The Morgan fingerprint density at radius 2 is 2.00 bits per heavy atom. The predicted octanol–water partition coefficient (Wildman–Crippen LogP) is 1.62. The van der Waals surface area contributed by atoms with Gasteiger partial charge < -0.3 is 15.4 Å². The number of carbonyl (C=O) groups excluding carboxylic acids is 3. The number of benzene rings is 1. The second-order valence-electron chi connectivity index (χ2n) is 5.57. The summed E-state index contributed by atoms with van der Waals surface area (Å²) in [6, 6.07) is 6.94. The van der Waals surface area contributed by atoms with Crippen molar-refractivity contribution in [2.45, 2.75) is 12.8 Å². The third-order valence-electron chi connectivity index (χ3n) is 3.80. The lowest BCUT2D eigenvalue weighted by Crippen LogP contribution is -2.45. The van der Waals surface area contributed by atoms with Gasteiger partial charge >= 0.3 is 5.97 Å². The standard InChI is InChI=1S/C17H19ClN2O4/c18-14-6-3-12(4-7-14)5-8-16(22)24-11-15(21)20-9-1-2-13(10-20)17(19)23/h3-8,13H,1-2,9-11H2,(H2,19,23)/b8-5+/t13-/m1/s1. The number of halogens is 1. The minimum atomic E-state index is -0.609. The van der Waals surface area contributed by atoms with Crippen LogP contribution in [0.1, 0.15) is 18.4 Å². The van der Waals surface area contributed by atoms with Gasteiger partial charge in [-0.2, -0.15) is 0 Å². The monoisotopic (exact) mass is 350 g/mol. The number of primary amides is 1. The smallest absolute Gasteiger partial charge is 0.331 e. The molecule has 2 N–H and O–H groups in total. The molecule has 2 rings (SSSR count). The van der Waals surface area contributed by atoms with Gasteiger partial charge in [0, 0.05) is 24.2 Å². The zero-order valence-electron chi connectivity index (χ0n) is 13.1. The van der Waals surface area contributed by atoms with Crippen LogP contribution in [-0.4, -0.2) is 42.4 Å². The fourth-order valence-electron chi connectivity index (χ4n) is 2.45. The van der Waals surface area contributed by atoms with Gasteiger partial charge in [0.15, 0.2) is 6.61 Å². The molecule has 1 aromatic rings. The van der Waals surface area contributed by atoms with Gasteiger partial charge in [-0.25, -0.2) is 4.79 Å². The van der Waals surface area contributed by atoms with Crippen LogP contribution >= 0.6 is 11.6 Å². The number of piperidine rings is 1. The zero-order valence-corrected chi connectivity index (χ0v) is 13.9. The van der Waals surface area contributed by atoms with Crippen molar-refractivity contribution in [3.8, 4) is 0 Å². The molecule has 1 saturated heterocycles. The largest absolute Gasteiger partial charge is 0.452 e. The zero-order chi connectivity index (χ0) is 17.5. The second-order valence-corrected chi connectivity index (χ2v) is 6.01. The number of carbonyl (C=O) groups is 3. The minimum absolute atomic E-state index is 0.284. The third kappa shape index (κ3) is 5.38. The Hall–Kier alpha value is -2.34. The number of hydrogen-bond donors (Lipinski definition) is 1. The maximum Gasteiger partial charge on any atom is 0.331 e. The van der Waals surface area contributed by atoms with Crippen LogP contribution in [0.15, 0.2) is 30.3 Å². The average Bonchev–Trinajstić information content (AvgIpc) is 2.59. The first-order chi connectivity index (χ1) is 11.5. The van der Waals surface area contributed by atoms with Crippen LogP contribution in [0.25, 0.3) is 6.08 Å². The number of esters is 1. The molecule has 6 nitrogen and oxygen atoms in total. The van der Waals surface area contributed by atoms with Crippen molar-refractivity contribution in [2.24, 2.45) is 11.7 Å². The van der Waals surface area contributed by atoms with E-state index in [4.69, 9.17) is 22.1 Å². The van der Waals surface area contributed by atoms with E-state index in [9.17, 15) is 14.4 Å². The fourth-order valence-corrected chi connectivity index (χ4v) is 2.57. The van der Waals surface area contributed by atoms with Crippen LogP contribution in [0, 0.1) is 5.92 Å². The Labute approximate surface area is 145 Å². The van der Waals surface area contributed by atoms with E-state index in [1.165, 1.54) is 11.0 Å². The summed E-state index contributed by atoms with van der Waals surface area (Å²) in [5.74, 6) is -1.67. The van der Waals surface area contributed by atoms with Gasteiger partial charge in [0.2, 0.25) is 5.91 Å². The van der Waals surface area contributed by atoms with Crippen molar-refractivity contribution in [1.29, 1.82) is 0 Å². The van der Waals surface area contributed by atoms with Crippen LogP contribution < -0.4 is 5.73 Å². The lowest BCUT2D eigenvalue weighted by molar-refractivity contribution is -0.149. The van der Waals surface area contributed by atoms with E-state index in [2.05, 4.69) is 0 Å². The molecule has 7 heteroatoms. The molecule has 0 spiro atoms. The topological polar surface area (TPSA) is 89.7 Å². The number of ether oxygens (including phenoxy) is 1. The summed E-state index contributed by atoms with van der Waals surface area (Å²) in [5, 5.41) is 0.608. The first-order valence-electron chi connectivity index (χ1n) is 7.63. The van der Waals surface area contributed by atoms with Gasteiger partial charge in [0.05, 0.1) is 5.92 Å². The average molecular weight is 351 g/mol. The molecular formula is C17H19ClN2O4. The second kappa shape index (κ2) is 8.49. The molecule has 2 amide bonds. The van der Waals surface area contributed by atoms with E-state index in [0.29, 0.717) is 24.4 Å². The Kier molecular flexibility index (Phi) is 6.37. The summed E-state index contributed by atoms with van der Waals surface area (Å²) >= 11 is 5.78. The number of hydrogen-bond acceptors (Lipinski definition) is 4. The molecule has 24 heavy (non-hydrogen) atoms. The quantitative estimate of drug-likeness (QED) is 0.645. The predicted molar refractivity (Wildman–Crippen MR) is 89.9 cm³/mol. The third-order valence-corrected chi connectivity index (χ3v) is 4.05. The number of amides is 2. The maximum atomic E-state index is 12.0. The number of nitrogens with zero attached hydrogens (tertiary/aromatic N) is 1. The highest BCUT2D eigenvalue weighted by Gasteiger charge is 2.27. The van der Waals surface area contributed by atoms with Crippen LogP contribution in [0.2, 0.25) is 5.02 Å². The van der Waals surface area contributed by atoms with E-state index >= 15 is 0 Å². The fraction of sp³-hybridized carbons (Fsp3) is 0.353. The van der Waals surface area contributed by atoms with Gasteiger partial charge in [-0.15, -0.1) is 0 Å². The van der Waals surface area contributed by atoms with Crippen molar-refractivity contribution in [2.75, 3.05) is 19.7 Å². The Morgan fingerprint density at radius 3 is 2.67 bits per heavy atom. The molecule has 0 aromatic heterocycles. The van der Waals surface area contributed by atoms with Gasteiger partial charge in [0.25, 0.3) is 5.91 Å². The number of likely N-dealkylation sites (tertiary alicyclic amines) is 1. The number of nitrogens with two attached hydrogens (primary N) is 1. The van der Waals surface area contributed by atoms with E-state index in [0.717, 1.165) is 5.56 Å². The highest BCUT2D eigenvalue weighted by molar-refractivity contribution is 6.30. The van der Waals surface area contributed by atoms with Crippen LogP contribution in [0.5, 0.6) is 0 Å². The van der Waals surface area contributed by atoms with E-state index < -0.39 is 11.9 Å². The lowest BCUT2D eigenvalue weighted by Gasteiger charge is -2.30. The van der Waals surface area contributed by atoms with Crippen LogP contribution in [-0.2, 0) is 19.1 Å². The molecule has 1 aliphatic heterocycles. The van der Waals surface area contributed by atoms with E-state index in [1.54, 1.807) is 30.3 Å². The highest BCUT2D eigenvalue weighted by atomic mass is 35.5. The summed E-state index contributed by atoms with van der Waals surface area (Å²) in [5.41, 5.74) is 6.07. The lowest BCUT2D eigenvalue weighted by atomic mass is 9.97. The molecule has 1 heterocycles. The highest BCUT2D eigenvalue weighted by Crippen LogP contribution is 2.16. The molecule has 0 aliphatic carbocycles. The van der Waals surface area contributed by atoms with Crippen molar-refractivity contribution in [3.63, 3.8) is 0 Å². The van der Waals surface area contributed by atoms with Crippen molar-refractivity contribution < 1.29 is 19.1 Å². The molecular weight excluding hydrogens is 332 g/mol. The number of rotatable bonds is 5. The van der Waals surface area contributed by atoms with E-state index in [1.807, 2.05) is 0 Å². The molecule has 1 aliphatic rings. The summed E-state index contributed by atoms with van der Waals surface area (Å²) in [6.45, 7) is 0.475. The van der Waals surface area contributed by atoms with Gasteiger partial charge in [-0.1, -0.05) is 23.7 Å². The first kappa shape index (κ1) is 18.0. The molecule has 0 bridgehead atoms. The Morgan fingerprint density at radius 1 is 1.29 bits per heavy atom. The van der Waals surface area contributed by atoms with Crippen molar-refractivity contribution in [1.82, 2.24) is 4.90 Å². The van der Waals surface area contributed by atoms with Crippen molar-refractivity contribution >= 4 is 35.5 Å². The van der Waals surface area contributed by atoms with Gasteiger partial charge in [-0.3, -0.25) is 9.59 Å². The summed E-state index contributed by atoms with van der Waals surface area (Å²) in [4.78, 5) is 36.4. The van der Waals surface area contributed by atoms with Gasteiger partial charge in [0.1, 0.15) is 0 Å². The summed E-state index contributed by atoms with van der Waals surface area (Å²) in [6.07, 6.45) is 4.22. The molecule has 1 aromatic carbocycles. The maximum absolute atomic E-state index is 12.0. The van der Waals surface area contributed by atoms with Crippen LogP contribution in [0.4, 0.5) is 0 Å². The minimum Gasteiger partial charge on any atom is -0.452 e. The first-order valence-corrected chi connectivity index (χ1v) is 8.01. The Bertz CT molecular complexity index is 642. The van der Waals surface area contributed by atoms with E-state index in [-0.39, 0.29) is 25.0 Å². The summed E-state index contributed by atoms with van der Waals surface area (Å²) in [7, 11) is 0. The molecule has 0 saturated carbocycles. The molecule has 1 fully saturated rings. The molecule has 0 radical (unpaired) electrons. The molecule has 128 valence electrons. The summed E-state index contributed by atoms with van der Waals surface area (Å²) < 4.78 is 4.94. The Balaban J connectivity index is 1.79. The van der Waals surface area contributed by atoms with Crippen molar-refractivity contribution in [3.05, 3.63) is 40.9 Å². The molecule has 0 unspecified atom stereocenters. The van der Waals surface area contributed by atoms with Crippen LogP contribution in [0.3, 0.4) is 0 Å². The normalized spacial score (nSPS) is 17.7. The van der Waals surface area contributed by atoms with Gasteiger partial charge in [-0.05, 0) is 36.6 Å². The SMILES string of the molecule is NC(=O)[C@@H]1CCCN(C(=O)COC(=O)/C=C/c2ccc(Cl)cc2)C1.